The largest absolute Gasteiger partial charge is 0.352 e. The molecule has 1 aliphatic carbocycles. The lowest BCUT2D eigenvalue weighted by atomic mass is 10.1. The average Bonchev–Trinajstić information content (AvgIpc) is 2.99. The number of aromatic nitrogens is 3. The van der Waals surface area contributed by atoms with E-state index in [1.165, 1.54) is 36.8 Å². The fraction of sp³-hybridized carbons (Fsp3) is 0.562. The molecule has 20 heavy (non-hydrogen) atoms. The molecule has 3 rings (SSSR count). The molecular formula is C16H24N4. The molecule has 0 bridgehead atoms. The maximum Gasteiger partial charge on any atom is 0.105 e. The molecule has 1 N–H and O–H groups in total. The molecule has 1 aliphatic rings. The highest BCUT2D eigenvalue weighted by Crippen LogP contribution is 2.29. The first-order valence-corrected chi connectivity index (χ1v) is 7.61. The molecule has 0 amide bonds. The zero-order chi connectivity index (χ0) is 13.9. The lowest BCUT2D eigenvalue weighted by molar-refractivity contribution is 0.525. The van der Waals surface area contributed by atoms with Gasteiger partial charge in [0.05, 0.1) is 0 Å². The third-order valence-electron chi connectivity index (χ3n) is 4.43. The molecule has 2 aromatic rings. The van der Waals surface area contributed by atoms with Gasteiger partial charge in [0.1, 0.15) is 5.82 Å². The van der Waals surface area contributed by atoms with Gasteiger partial charge in [-0.25, -0.2) is 4.98 Å². The van der Waals surface area contributed by atoms with Crippen LogP contribution in [-0.2, 0) is 19.5 Å². The van der Waals surface area contributed by atoms with E-state index in [4.69, 9.17) is 0 Å². The molecule has 0 aromatic carbocycles. The Bertz CT molecular complexity index is 567. The predicted molar refractivity (Wildman–Crippen MR) is 80.8 cm³/mol. The van der Waals surface area contributed by atoms with Crippen LogP contribution in [0.3, 0.4) is 0 Å². The van der Waals surface area contributed by atoms with Gasteiger partial charge < -0.3 is 14.5 Å². The van der Waals surface area contributed by atoms with Crippen molar-refractivity contribution in [3.8, 4) is 0 Å². The van der Waals surface area contributed by atoms with Crippen molar-refractivity contribution < 1.29 is 0 Å². The molecule has 0 saturated carbocycles. The summed E-state index contributed by atoms with van der Waals surface area (Å²) in [5.74, 6) is 1.09. The molecule has 2 heterocycles. The highest BCUT2D eigenvalue weighted by atomic mass is 15.1. The van der Waals surface area contributed by atoms with Gasteiger partial charge in [-0.05, 0) is 44.4 Å². The second-order valence-electron chi connectivity index (χ2n) is 5.73. The van der Waals surface area contributed by atoms with Crippen LogP contribution >= 0.6 is 0 Å². The predicted octanol–water partition coefficient (Wildman–Crippen LogP) is 2.68. The maximum atomic E-state index is 4.28. The van der Waals surface area contributed by atoms with Gasteiger partial charge in [-0.15, -0.1) is 0 Å². The lowest BCUT2D eigenvalue weighted by Gasteiger charge is -2.13. The van der Waals surface area contributed by atoms with Gasteiger partial charge in [-0.1, -0.05) is 6.42 Å². The Morgan fingerprint density at radius 3 is 2.95 bits per heavy atom. The molecule has 4 heteroatoms. The standard InChI is InChI=1S/C16H24N4/c1-13-18-7-8-20(13)10-9-19-11-14-5-3-4-6-16(17-2)15(14)12-19/h7-8,11-12,16-17H,3-6,9-10H2,1-2H3. The first kappa shape index (κ1) is 13.4. The van der Waals surface area contributed by atoms with Crippen LogP contribution in [0.1, 0.15) is 42.3 Å². The molecule has 0 saturated heterocycles. The summed E-state index contributed by atoms with van der Waals surface area (Å²) in [6, 6.07) is 0.531. The fourth-order valence-electron chi connectivity index (χ4n) is 3.21. The first-order chi connectivity index (χ1) is 9.78. The van der Waals surface area contributed by atoms with Gasteiger partial charge in [-0.2, -0.15) is 0 Å². The van der Waals surface area contributed by atoms with Crippen LogP contribution in [0.5, 0.6) is 0 Å². The van der Waals surface area contributed by atoms with E-state index < -0.39 is 0 Å². The van der Waals surface area contributed by atoms with Crippen LogP contribution in [0.25, 0.3) is 0 Å². The van der Waals surface area contributed by atoms with E-state index in [9.17, 15) is 0 Å². The average molecular weight is 272 g/mol. The number of rotatable bonds is 4. The maximum absolute atomic E-state index is 4.28. The Morgan fingerprint density at radius 2 is 2.20 bits per heavy atom. The van der Waals surface area contributed by atoms with E-state index in [1.54, 1.807) is 0 Å². The van der Waals surface area contributed by atoms with Crippen LogP contribution in [0.15, 0.2) is 24.8 Å². The summed E-state index contributed by atoms with van der Waals surface area (Å²) in [5, 5.41) is 3.46. The summed E-state index contributed by atoms with van der Waals surface area (Å²) in [4.78, 5) is 4.28. The number of aryl methyl sites for hydroxylation is 4. The number of hydrogen-bond acceptors (Lipinski definition) is 2. The van der Waals surface area contributed by atoms with Crippen LogP contribution in [0.2, 0.25) is 0 Å². The number of hydrogen-bond donors (Lipinski definition) is 1. The first-order valence-electron chi connectivity index (χ1n) is 7.61. The molecule has 1 unspecified atom stereocenters. The molecule has 0 radical (unpaired) electrons. The molecule has 108 valence electrons. The van der Waals surface area contributed by atoms with E-state index >= 15 is 0 Å². The van der Waals surface area contributed by atoms with Crippen molar-refractivity contribution in [3.05, 3.63) is 41.7 Å². The van der Waals surface area contributed by atoms with Crippen molar-refractivity contribution in [2.45, 2.75) is 51.7 Å². The number of imidazole rings is 1. The second kappa shape index (κ2) is 5.83. The number of fused-ring (bicyclic) bond motifs is 1. The van der Waals surface area contributed by atoms with Crippen LogP contribution in [-0.4, -0.2) is 21.2 Å². The molecule has 0 spiro atoms. The molecule has 4 nitrogen and oxygen atoms in total. The van der Waals surface area contributed by atoms with Gasteiger partial charge in [0.2, 0.25) is 0 Å². The summed E-state index contributed by atoms with van der Waals surface area (Å²) < 4.78 is 4.56. The van der Waals surface area contributed by atoms with Crippen molar-refractivity contribution in [2.24, 2.45) is 0 Å². The minimum atomic E-state index is 0.531. The lowest BCUT2D eigenvalue weighted by Crippen LogP contribution is -2.15. The highest BCUT2D eigenvalue weighted by molar-refractivity contribution is 5.29. The van der Waals surface area contributed by atoms with Crippen molar-refractivity contribution in [3.63, 3.8) is 0 Å². The topological polar surface area (TPSA) is 34.8 Å². The van der Waals surface area contributed by atoms with Gasteiger partial charge >= 0.3 is 0 Å². The monoisotopic (exact) mass is 272 g/mol. The Morgan fingerprint density at radius 1 is 1.30 bits per heavy atom. The van der Waals surface area contributed by atoms with Gasteiger partial charge in [-0.3, -0.25) is 0 Å². The summed E-state index contributed by atoms with van der Waals surface area (Å²) in [7, 11) is 2.08. The van der Waals surface area contributed by atoms with Gasteiger partial charge in [0.25, 0.3) is 0 Å². The van der Waals surface area contributed by atoms with E-state index in [2.05, 4.69) is 52.0 Å². The smallest absolute Gasteiger partial charge is 0.105 e. The quantitative estimate of drug-likeness (QED) is 0.868. The minimum Gasteiger partial charge on any atom is -0.352 e. The highest BCUT2D eigenvalue weighted by Gasteiger charge is 2.18. The third-order valence-corrected chi connectivity index (χ3v) is 4.43. The number of nitrogens with zero attached hydrogens (tertiary/aromatic N) is 3. The Kier molecular flexibility index (Phi) is 3.92. The van der Waals surface area contributed by atoms with Crippen molar-refractivity contribution in [1.29, 1.82) is 0 Å². The molecule has 1 atom stereocenters. The Labute approximate surface area is 120 Å². The van der Waals surface area contributed by atoms with Gasteiger partial charge in [0.15, 0.2) is 0 Å². The molecular weight excluding hydrogens is 248 g/mol. The summed E-state index contributed by atoms with van der Waals surface area (Å²) in [5.41, 5.74) is 3.04. The zero-order valence-electron chi connectivity index (χ0n) is 12.5. The molecule has 0 aliphatic heterocycles. The van der Waals surface area contributed by atoms with Crippen LogP contribution in [0, 0.1) is 6.92 Å². The normalized spacial score (nSPS) is 18.8. The van der Waals surface area contributed by atoms with E-state index in [0.29, 0.717) is 6.04 Å². The minimum absolute atomic E-state index is 0.531. The van der Waals surface area contributed by atoms with E-state index in [0.717, 1.165) is 18.9 Å². The summed E-state index contributed by atoms with van der Waals surface area (Å²) in [6.45, 7) is 4.06. The van der Waals surface area contributed by atoms with Crippen molar-refractivity contribution in [2.75, 3.05) is 7.05 Å². The third kappa shape index (κ3) is 2.66. The number of nitrogens with one attached hydrogen (secondary N) is 1. The second-order valence-corrected chi connectivity index (χ2v) is 5.73. The SMILES string of the molecule is CNC1CCCCc2cn(CCn3ccnc3C)cc21. The summed E-state index contributed by atoms with van der Waals surface area (Å²) >= 11 is 0. The Hall–Kier alpha value is -1.55. The molecule has 0 fully saturated rings. The van der Waals surface area contributed by atoms with E-state index in [-0.39, 0.29) is 0 Å². The van der Waals surface area contributed by atoms with E-state index in [1.807, 2.05) is 6.20 Å². The molecule has 2 aromatic heterocycles. The van der Waals surface area contributed by atoms with Crippen molar-refractivity contribution >= 4 is 0 Å². The van der Waals surface area contributed by atoms with Crippen LogP contribution < -0.4 is 5.32 Å². The summed E-state index contributed by atoms with van der Waals surface area (Å²) in [6.07, 6.45) is 13.7. The van der Waals surface area contributed by atoms with Gasteiger partial charge in [0, 0.05) is 43.9 Å². The van der Waals surface area contributed by atoms with Crippen molar-refractivity contribution in [1.82, 2.24) is 19.4 Å². The zero-order valence-corrected chi connectivity index (χ0v) is 12.5. The fourth-order valence-corrected chi connectivity index (χ4v) is 3.21. The van der Waals surface area contributed by atoms with Crippen LogP contribution in [0.4, 0.5) is 0 Å². The Balaban J connectivity index is 1.74.